The van der Waals surface area contributed by atoms with Crippen LogP contribution in [-0.2, 0) is 0 Å². The molecule has 1 N–H and O–H groups in total. The molecule has 0 aromatic heterocycles. The van der Waals surface area contributed by atoms with Crippen molar-refractivity contribution in [2.75, 3.05) is 0 Å². The van der Waals surface area contributed by atoms with Gasteiger partial charge in [0.1, 0.15) is 6.04 Å². The van der Waals surface area contributed by atoms with Gasteiger partial charge in [-0.2, -0.15) is 5.26 Å². The Labute approximate surface area is 106 Å². The Hall–Kier alpha value is -1.94. The maximum Gasteiger partial charge on any atom is 0.271 e. The molecule has 1 unspecified atom stereocenters. The zero-order valence-corrected chi connectivity index (χ0v) is 10.4. The Morgan fingerprint density at radius 1 is 1.59 bits per heavy atom. The number of carbonyl (C=O) groups excluding carboxylic acids is 1. The number of benzene rings is 1. The lowest BCUT2D eigenvalue weighted by molar-refractivity contribution is -0.385. The standard InChI is InChI=1S/C10H8BrN3O3/c1-6(5-12)13-10(15)7-2-8(11)4-9(3-7)14(16)17/h2-4,6H,1H3,(H,13,15). The Morgan fingerprint density at radius 3 is 2.76 bits per heavy atom. The largest absolute Gasteiger partial charge is 0.337 e. The summed E-state index contributed by atoms with van der Waals surface area (Å²) in [5, 5.41) is 21.5. The Balaban J connectivity index is 3.02. The van der Waals surface area contributed by atoms with E-state index in [0.717, 1.165) is 6.07 Å². The van der Waals surface area contributed by atoms with Gasteiger partial charge in [-0.15, -0.1) is 0 Å². The predicted molar refractivity (Wildman–Crippen MR) is 63.3 cm³/mol. The lowest BCUT2D eigenvalue weighted by Crippen LogP contribution is -2.31. The molecule has 0 spiro atoms. The molecule has 1 amide bonds. The summed E-state index contributed by atoms with van der Waals surface area (Å²) in [7, 11) is 0. The molecule has 1 aromatic rings. The van der Waals surface area contributed by atoms with Crippen molar-refractivity contribution in [2.24, 2.45) is 0 Å². The fourth-order valence-corrected chi connectivity index (χ4v) is 1.60. The number of nitro benzene ring substituents is 1. The number of rotatable bonds is 3. The number of halogens is 1. The summed E-state index contributed by atoms with van der Waals surface area (Å²) in [5.74, 6) is -0.525. The van der Waals surface area contributed by atoms with E-state index in [2.05, 4.69) is 21.2 Å². The van der Waals surface area contributed by atoms with Crippen LogP contribution < -0.4 is 5.32 Å². The van der Waals surface area contributed by atoms with Gasteiger partial charge in [0.15, 0.2) is 0 Å². The summed E-state index contributed by atoms with van der Waals surface area (Å²) in [6, 6.07) is 5.09. The Kier molecular flexibility index (Phi) is 4.17. The molecule has 0 saturated carbocycles. The van der Waals surface area contributed by atoms with Crippen molar-refractivity contribution < 1.29 is 9.72 Å². The minimum Gasteiger partial charge on any atom is -0.337 e. The van der Waals surface area contributed by atoms with Gasteiger partial charge in [0, 0.05) is 22.2 Å². The number of nitrogens with one attached hydrogen (secondary N) is 1. The van der Waals surface area contributed by atoms with Crippen LogP contribution in [0.1, 0.15) is 17.3 Å². The molecule has 0 aliphatic carbocycles. The molecule has 1 rings (SSSR count). The van der Waals surface area contributed by atoms with Crippen molar-refractivity contribution in [2.45, 2.75) is 13.0 Å². The van der Waals surface area contributed by atoms with E-state index in [4.69, 9.17) is 5.26 Å². The molecule has 1 aromatic carbocycles. The van der Waals surface area contributed by atoms with E-state index >= 15 is 0 Å². The number of nitro groups is 1. The van der Waals surface area contributed by atoms with E-state index in [0.29, 0.717) is 4.47 Å². The van der Waals surface area contributed by atoms with E-state index in [9.17, 15) is 14.9 Å². The zero-order chi connectivity index (χ0) is 13.0. The fraction of sp³-hybridized carbons (Fsp3) is 0.200. The van der Waals surface area contributed by atoms with Crippen LogP contribution in [0.4, 0.5) is 5.69 Å². The number of amides is 1. The van der Waals surface area contributed by atoms with Gasteiger partial charge in [0.25, 0.3) is 11.6 Å². The van der Waals surface area contributed by atoms with Crippen molar-refractivity contribution in [1.29, 1.82) is 5.26 Å². The minimum absolute atomic E-state index is 0.133. The normalized spacial score (nSPS) is 11.4. The SMILES string of the molecule is CC(C#N)NC(=O)c1cc(Br)cc([N+](=O)[O-])c1. The number of non-ortho nitro benzene ring substituents is 1. The number of hydrogen-bond acceptors (Lipinski definition) is 4. The topological polar surface area (TPSA) is 96.0 Å². The summed E-state index contributed by atoms with van der Waals surface area (Å²) in [6.45, 7) is 1.52. The summed E-state index contributed by atoms with van der Waals surface area (Å²) in [4.78, 5) is 21.7. The molecule has 88 valence electrons. The predicted octanol–water partition coefficient (Wildman–Crippen LogP) is 2.00. The van der Waals surface area contributed by atoms with Crippen molar-refractivity contribution >= 4 is 27.5 Å². The average molecular weight is 298 g/mol. The first kappa shape index (κ1) is 13.1. The van der Waals surface area contributed by atoms with Crippen LogP contribution in [0.25, 0.3) is 0 Å². The highest BCUT2D eigenvalue weighted by Gasteiger charge is 2.15. The van der Waals surface area contributed by atoms with Crippen LogP contribution in [0.3, 0.4) is 0 Å². The second kappa shape index (κ2) is 5.41. The summed E-state index contributed by atoms with van der Waals surface area (Å²) in [6.07, 6.45) is 0. The molecule has 0 bridgehead atoms. The lowest BCUT2D eigenvalue weighted by Gasteiger charge is -2.06. The second-order valence-electron chi connectivity index (χ2n) is 3.28. The van der Waals surface area contributed by atoms with E-state index < -0.39 is 16.9 Å². The van der Waals surface area contributed by atoms with Crippen molar-refractivity contribution in [1.82, 2.24) is 5.32 Å². The third-order valence-corrected chi connectivity index (χ3v) is 2.35. The number of carbonyl (C=O) groups is 1. The van der Waals surface area contributed by atoms with Gasteiger partial charge in [-0.05, 0) is 13.0 Å². The van der Waals surface area contributed by atoms with Crippen LogP contribution in [0.2, 0.25) is 0 Å². The average Bonchev–Trinajstić information content (AvgIpc) is 2.27. The maximum absolute atomic E-state index is 11.6. The highest BCUT2D eigenvalue weighted by Crippen LogP contribution is 2.21. The van der Waals surface area contributed by atoms with Crippen LogP contribution in [0, 0.1) is 21.4 Å². The van der Waals surface area contributed by atoms with Gasteiger partial charge < -0.3 is 5.32 Å². The van der Waals surface area contributed by atoms with Crippen LogP contribution >= 0.6 is 15.9 Å². The van der Waals surface area contributed by atoms with Gasteiger partial charge in [-0.3, -0.25) is 14.9 Å². The highest BCUT2D eigenvalue weighted by atomic mass is 79.9. The van der Waals surface area contributed by atoms with E-state index in [1.807, 2.05) is 6.07 Å². The third-order valence-electron chi connectivity index (χ3n) is 1.90. The van der Waals surface area contributed by atoms with E-state index in [1.54, 1.807) is 0 Å². The number of nitriles is 1. The molecule has 0 heterocycles. The monoisotopic (exact) mass is 297 g/mol. The summed E-state index contributed by atoms with van der Waals surface area (Å²) < 4.78 is 0.432. The Bertz CT molecular complexity index is 510. The molecular formula is C10H8BrN3O3. The first-order chi connectivity index (χ1) is 7.93. The van der Waals surface area contributed by atoms with Crippen LogP contribution in [0.15, 0.2) is 22.7 Å². The first-order valence-electron chi connectivity index (χ1n) is 4.59. The van der Waals surface area contributed by atoms with Gasteiger partial charge in [-0.1, -0.05) is 15.9 Å². The Morgan fingerprint density at radius 2 is 2.24 bits per heavy atom. The number of hydrogen-bond donors (Lipinski definition) is 1. The molecule has 0 aliphatic heterocycles. The second-order valence-corrected chi connectivity index (χ2v) is 4.20. The molecule has 6 nitrogen and oxygen atoms in total. The van der Waals surface area contributed by atoms with Crippen molar-refractivity contribution in [3.8, 4) is 6.07 Å². The van der Waals surface area contributed by atoms with Crippen LogP contribution in [-0.4, -0.2) is 16.9 Å². The molecule has 0 radical (unpaired) electrons. The van der Waals surface area contributed by atoms with Gasteiger partial charge >= 0.3 is 0 Å². The lowest BCUT2D eigenvalue weighted by atomic mass is 10.2. The molecule has 0 aliphatic rings. The van der Waals surface area contributed by atoms with Crippen molar-refractivity contribution in [3.63, 3.8) is 0 Å². The molecule has 7 heteroatoms. The van der Waals surface area contributed by atoms with Crippen LogP contribution in [0.5, 0.6) is 0 Å². The van der Waals surface area contributed by atoms with Gasteiger partial charge in [-0.25, -0.2) is 0 Å². The summed E-state index contributed by atoms with van der Waals surface area (Å²) in [5.41, 5.74) is -0.0534. The minimum atomic E-state index is -0.652. The molecule has 0 fully saturated rings. The van der Waals surface area contributed by atoms with E-state index in [1.165, 1.54) is 19.1 Å². The van der Waals surface area contributed by atoms with Crippen molar-refractivity contribution in [3.05, 3.63) is 38.3 Å². The van der Waals surface area contributed by atoms with Gasteiger partial charge in [0.05, 0.1) is 11.0 Å². The molecular weight excluding hydrogens is 290 g/mol. The molecule has 0 saturated heterocycles. The quantitative estimate of drug-likeness (QED) is 0.681. The highest BCUT2D eigenvalue weighted by molar-refractivity contribution is 9.10. The third kappa shape index (κ3) is 3.53. The number of nitrogens with zero attached hydrogens (tertiary/aromatic N) is 2. The smallest absolute Gasteiger partial charge is 0.271 e. The maximum atomic E-state index is 11.6. The zero-order valence-electron chi connectivity index (χ0n) is 8.81. The first-order valence-corrected chi connectivity index (χ1v) is 5.39. The summed E-state index contributed by atoms with van der Waals surface area (Å²) >= 11 is 3.08. The fourth-order valence-electron chi connectivity index (χ4n) is 1.12. The molecule has 17 heavy (non-hydrogen) atoms. The van der Waals surface area contributed by atoms with Gasteiger partial charge in [0.2, 0.25) is 0 Å². The van der Waals surface area contributed by atoms with E-state index in [-0.39, 0.29) is 11.3 Å². The molecule has 1 atom stereocenters.